The molecule has 4 rings (SSSR count). The summed E-state index contributed by atoms with van der Waals surface area (Å²) in [4.78, 5) is 29.2. The first kappa shape index (κ1) is 22.3. The number of esters is 1. The number of rotatable bonds is 7. The van der Waals surface area contributed by atoms with Crippen LogP contribution in [0.1, 0.15) is 23.3 Å². The fourth-order valence-electron chi connectivity index (χ4n) is 3.51. The number of aromatic nitrogens is 2. The number of sulfonamides is 1. The third kappa shape index (κ3) is 4.50. The number of hydrogen-bond acceptors (Lipinski definition) is 7. The van der Waals surface area contributed by atoms with Crippen molar-refractivity contribution >= 4 is 44.9 Å². The Kier molecular flexibility index (Phi) is 6.49. The maximum atomic E-state index is 12.7. The highest BCUT2D eigenvalue weighted by Gasteiger charge is 2.27. The number of carbonyl (C=O) groups is 2. The van der Waals surface area contributed by atoms with Crippen LogP contribution in [0.4, 0.5) is 5.69 Å². The molecule has 1 aromatic carbocycles. The van der Waals surface area contributed by atoms with Crippen molar-refractivity contribution in [2.75, 3.05) is 31.3 Å². The van der Waals surface area contributed by atoms with Gasteiger partial charge in [-0.25, -0.2) is 18.2 Å². The van der Waals surface area contributed by atoms with Crippen LogP contribution >= 0.6 is 11.8 Å². The average Bonchev–Trinajstić information content (AvgIpc) is 3.46. The fourth-order valence-corrected chi connectivity index (χ4v) is 5.61. The number of carbonyl (C=O) groups excluding carboxylic acids is 2. The Labute approximate surface area is 189 Å². The molecular weight excluding hydrogens is 452 g/mol. The first-order chi connectivity index (χ1) is 15.4. The highest BCUT2D eigenvalue weighted by Crippen LogP contribution is 2.23. The van der Waals surface area contributed by atoms with Gasteiger partial charge in [-0.05, 0) is 49.4 Å². The predicted molar refractivity (Wildman–Crippen MR) is 120 cm³/mol. The van der Waals surface area contributed by atoms with Crippen molar-refractivity contribution in [3.05, 3.63) is 54.4 Å². The van der Waals surface area contributed by atoms with E-state index in [2.05, 4.69) is 10.3 Å². The van der Waals surface area contributed by atoms with E-state index in [9.17, 15) is 18.0 Å². The summed E-state index contributed by atoms with van der Waals surface area (Å²) in [6.45, 7) is 0.466. The maximum absolute atomic E-state index is 12.7. The van der Waals surface area contributed by atoms with Gasteiger partial charge in [-0.1, -0.05) is 23.9 Å². The first-order valence-electron chi connectivity index (χ1n) is 9.98. The zero-order valence-electron chi connectivity index (χ0n) is 17.4. The molecule has 9 nitrogen and oxygen atoms in total. The Morgan fingerprint density at radius 1 is 1.16 bits per heavy atom. The lowest BCUT2D eigenvalue weighted by Crippen LogP contribution is -2.28. The second-order valence-electron chi connectivity index (χ2n) is 7.17. The summed E-state index contributed by atoms with van der Waals surface area (Å²) in [5, 5.41) is 3.21. The van der Waals surface area contributed by atoms with E-state index in [1.807, 2.05) is 12.3 Å². The van der Waals surface area contributed by atoms with Gasteiger partial charge in [0, 0.05) is 25.0 Å². The van der Waals surface area contributed by atoms with Gasteiger partial charge in [0.05, 0.1) is 10.4 Å². The molecule has 0 unspecified atom stereocenters. The van der Waals surface area contributed by atoms with Gasteiger partial charge in [-0.3, -0.25) is 9.20 Å². The summed E-state index contributed by atoms with van der Waals surface area (Å²) in [5.41, 5.74) is 1.02. The summed E-state index contributed by atoms with van der Waals surface area (Å²) in [6.07, 6.45) is 5.32. The van der Waals surface area contributed by atoms with E-state index in [0.717, 1.165) is 12.8 Å². The molecule has 0 spiro atoms. The summed E-state index contributed by atoms with van der Waals surface area (Å²) < 4.78 is 33.8. The summed E-state index contributed by atoms with van der Waals surface area (Å²) >= 11 is 1.39. The minimum absolute atomic E-state index is 0.114. The van der Waals surface area contributed by atoms with Crippen LogP contribution < -0.4 is 5.32 Å². The van der Waals surface area contributed by atoms with Crippen LogP contribution in [0.25, 0.3) is 5.52 Å². The molecule has 3 heterocycles. The normalized spacial score (nSPS) is 14.5. The molecule has 0 atom stereocenters. The lowest BCUT2D eigenvalue weighted by molar-refractivity contribution is -0.119. The molecule has 11 heteroatoms. The smallest absolute Gasteiger partial charge is 0.359 e. The Morgan fingerprint density at radius 2 is 1.94 bits per heavy atom. The van der Waals surface area contributed by atoms with Crippen molar-refractivity contribution in [1.29, 1.82) is 0 Å². The van der Waals surface area contributed by atoms with Crippen molar-refractivity contribution in [3.8, 4) is 0 Å². The van der Waals surface area contributed by atoms with Gasteiger partial charge in [-0.2, -0.15) is 4.31 Å². The van der Waals surface area contributed by atoms with Gasteiger partial charge < -0.3 is 10.1 Å². The number of pyridine rings is 1. The number of benzene rings is 1. The molecule has 1 aliphatic rings. The maximum Gasteiger partial charge on any atom is 0.359 e. The molecule has 1 N–H and O–H groups in total. The number of fused-ring (bicyclic) bond motifs is 1. The monoisotopic (exact) mass is 474 g/mol. The van der Waals surface area contributed by atoms with Gasteiger partial charge >= 0.3 is 5.97 Å². The molecule has 1 aliphatic heterocycles. The molecule has 0 radical (unpaired) electrons. The van der Waals surface area contributed by atoms with Gasteiger partial charge in [0.1, 0.15) is 0 Å². The van der Waals surface area contributed by atoms with Gasteiger partial charge in [0.15, 0.2) is 17.5 Å². The summed E-state index contributed by atoms with van der Waals surface area (Å²) in [5.74, 6) is -1.29. The molecule has 0 bridgehead atoms. The lowest BCUT2D eigenvalue weighted by Gasteiger charge is -2.16. The SMILES string of the molecule is CSc1nc(C(=O)OCC(=O)Nc2cccc(S(=O)(=O)N3CCCC3)c2)c2ccccn12. The number of nitrogens with zero attached hydrogens (tertiary/aromatic N) is 3. The van der Waals surface area contributed by atoms with Crippen molar-refractivity contribution in [3.63, 3.8) is 0 Å². The Balaban J connectivity index is 1.41. The minimum Gasteiger partial charge on any atom is -0.451 e. The molecule has 1 amide bonds. The molecular formula is C21H22N4O5S2. The highest BCUT2D eigenvalue weighted by atomic mass is 32.2. The lowest BCUT2D eigenvalue weighted by atomic mass is 10.3. The van der Waals surface area contributed by atoms with E-state index in [-0.39, 0.29) is 10.6 Å². The Hall–Kier alpha value is -2.89. The van der Waals surface area contributed by atoms with E-state index >= 15 is 0 Å². The van der Waals surface area contributed by atoms with E-state index in [0.29, 0.717) is 29.5 Å². The molecule has 2 aromatic heterocycles. The van der Waals surface area contributed by atoms with Crippen LogP contribution in [0.5, 0.6) is 0 Å². The van der Waals surface area contributed by atoms with E-state index in [4.69, 9.17) is 4.74 Å². The number of nitrogens with one attached hydrogen (secondary N) is 1. The summed E-state index contributed by atoms with van der Waals surface area (Å²) in [6, 6.07) is 11.4. The molecule has 0 aliphatic carbocycles. The third-order valence-electron chi connectivity index (χ3n) is 5.05. The number of amides is 1. The van der Waals surface area contributed by atoms with Crippen LogP contribution in [-0.4, -0.2) is 59.9 Å². The van der Waals surface area contributed by atoms with Crippen molar-refractivity contribution < 1.29 is 22.7 Å². The third-order valence-corrected chi connectivity index (χ3v) is 7.59. The summed E-state index contributed by atoms with van der Waals surface area (Å²) in [7, 11) is -3.60. The Bertz CT molecular complexity index is 1270. The molecule has 1 saturated heterocycles. The number of imidazole rings is 1. The van der Waals surface area contributed by atoms with Gasteiger partial charge in [0.25, 0.3) is 5.91 Å². The van der Waals surface area contributed by atoms with Gasteiger partial charge in [-0.15, -0.1) is 0 Å². The van der Waals surface area contributed by atoms with Crippen molar-refractivity contribution in [2.24, 2.45) is 0 Å². The standard InChI is InChI=1S/C21H22N4O5S2/c1-31-21-23-19(17-9-2-3-12-25(17)21)20(27)30-14-18(26)22-15-7-6-8-16(13-15)32(28,29)24-10-4-5-11-24/h2-3,6-9,12-13H,4-5,10-11,14H2,1H3,(H,22,26). The zero-order chi connectivity index (χ0) is 22.7. The van der Waals surface area contributed by atoms with Crippen LogP contribution in [0.2, 0.25) is 0 Å². The van der Waals surface area contributed by atoms with Crippen LogP contribution in [0, 0.1) is 0 Å². The zero-order valence-corrected chi connectivity index (χ0v) is 19.0. The van der Waals surface area contributed by atoms with Crippen LogP contribution in [-0.2, 0) is 19.6 Å². The fraction of sp³-hybridized carbons (Fsp3) is 0.286. The second kappa shape index (κ2) is 9.31. The topological polar surface area (TPSA) is 110 Å². The molecule has 1 fully saturated rings. The van der Waals surface area contributed by atoms with Crippen molar-refractivity contribution in [1.82, 2.24) is 13.7 Å². The van der Waals surface area contributed by atoms with Crippen LogP contribution in [0.15, 0.2) is 58.7 Å². The van der Waals surface area contributed by atoms with E-state index in [1.54, 1.807) is 34.9 Å². The van der Waals surface area contributed by atoms with Crippen LogP contribution in [0.3, 0.4) is 0 Å². The molecule has 0 saturated carbocycles. The van der Waals surface area contributed by atoms with E-state index in [1.165, 1.54) is 28.2 Å². The number of thioether (sulfide) groups is 1. The highest BCUT2D eigenvalue weighted by molar-refractivity contribution is 7.98. The quantitative estimate of drug-likeness (QED) is 0.414. The van der Waals surface area contributed by atoms with Crippen molar-refractivity contribution in [2.45, 2.75) is 22.9 Å². The number of anilines is 1. The second-order valence-corrected chi connectivity index (χ2v) is 9.88. The molecule has 3 aromatic rings. The van der Waals surface area contributed by atoms with E-state index < -0.39 is 28.5 Å². The van der Waals surface area contributed by atoms with Gasteiger partial charge in [0.2, 0.25) is 10.0 Å². The average molecular weight is 475 g/mol. The molecule has 168 valence electrons. The largest absolute Gasteiger partial charge is 0.451 e. The predicted octanol–water partition coefficient (Wildman–Crippen LogP) is 2.64. The molecule has 32 heavy (non-hydrogen) atoms. The number of hydrogen-bond donors (Lipinski definition) is 1. The number of ether oxygens (including phenoxy) is 1. The first-order valence-corrected chi connectivity index (χ1v) is 12.6. The Morgan fingerprint density at radius 3 is 2.69 bits per heavy atom. The minimum atomic E-state index is -3.60.